The molecule has 362 valence electrons. The van der Waals surface area contributed by atoms with Crippen LogP contribution in [0.25, 0.3) is 0 Å². The van der Waals surface area contributed by atoms with Gasteiger partial charge in [0.1, 0.15) is 13.2 Å². The first-order valence-corrected chi connectivity index (χ1v) is 27.4. The maximum atomic E-state index is 12.8. The van der Waals surface area contributed by atoms with Gasteiger partial charge in [-0.15, -0.1) is 0 Å². The fourth-order valence-electron chi connectivity index (χ4n) is 8.36. The number of hydrogen-bond donors (Lipinski definition) is 0. The van der Waals surface area contributed by atoms with Crippen molar-refractivity contribution in [3.05, 3.63) is 0 Å². The lowest BCUT2D eigenvalue weighted by atomic mass is 9.99. The van der Waals surface area contributed by atoms with Crippen molar-refractivity contribution >= 4 is 17.9 Å². The van der Waals surface area contributed by atoms with Crippen molar-refractivity contribution in [2.45, 2.75) is 316 Å². The molecule has 0 fully saturated rings. The molecule has 0 saturated carbocycles. The number of esters is 3. The van der Waals surface area contributed by atoms with E-state index in [0.717, 1.165) is 63.7 Å². The van der Waals surface area contributed by atoms with Crippen LogP contribution < -0.4 is 0 Å². The number of unbranched alkanes of at least 4 members (excludes halogenated alkanes) is 36. The van der Waals surface area contributed by atoms with E-state index in [2.05, 4.69) is 27.7 Å². The Hall–Kier alpha value is -1.59. The van der Waals surface area contributed by atoms with Crippen LogP contribution in [0.1, 0.15) is 310 Å². The summed E-state index contributed by atoms with van der Waals surface area (Å²) < 4.78 is 16.8. The Morgan fingerprint density at radius 3 is 0.852 bits per heavy atom. The summed E-state index contributed by atoms with van der Waals surface area (Å²) in [6, 6.07) is 0. The van der Waals surface area contributed by atoms with Crippen LogP contribution in [-0.2, 0) is 28.6 Å². The van der Waals surface area contributed by atoms with Gasteiger partial charge in [0.2, 0.25) is 0 Å². The summed E-state index contributed by atoms with van der Waals surface area (Å²) in [5.41, 5.74) is 0. The summed E-state index contributed by atoms with van der Waals surface area (Å²) in [4.78, 5) is 38.0. The monoisotopic (exact) mass is 863 g/mol. The van der Waals surface area contributed by atoms with Crippen LogP contribution in [0.4, 0.5) is 0 Å². The summed E-state index contributed by atoms with van der Waals surface area (Å²) in [6.45, 7) is 9.08. The number of carbonyl (C=O) groups is 3. The molecule has 2 atom stereocenters. The molecule has 0 aliphatic heterocycles. The van der Waals surface area contributed by atoms with Gasteiger partial charge >= 0.3 is 17.9 Å². The van der Waals surface area contributed by atoms with Gasteiger partial charge in [0, 0.05) is 19.3 Å². The van der Waals surface area contributed by atoms with Crippen molar-refractivity contribution in [3.63, 3.8) is 0 Å². The average Bonchev–Trinajstić information content (AvgIpc) is 3.26. The lowest BCUT2D eigenvalue weighted by Gasteiger charge is -2.18. The highest BCUT2D eigenvalue weighted by Gasteiger charge is 2.19. The zero-order valence-electron chi connectivity index (χ0n) is 41.6. The average molecular weight is 863 g/mol. The standard InChI is InChI=1S/C55H106O6/c1-5-8-10-12-14-16-18-19-23-28-32-36-40-44-48-55(58)61-52(49-59-53(56)46-42-38-34-30-25-17-15-13-11-9-6-2)50-60-54(57)47-43-39-35-31-27-24-21-20-22-26-29-33-37-41-45-51(4)7-3/h51-52H,5-50H2,1-4H3/t51?,52-/m0/s1. The van der Waals surface area contributed by atoms with Gasteiger partial charge in [-0.3, -0.25) is 14.4 Å². The van der Waals surface area contributed by atoms with E-state index in [1.165, 1.54) is 205 Å². The van der Waals surface area contributed by atoms with Gasteiger partial charge in [-0.2, -0.15) is 0 Å². The topological polar surface area (TPSA) is 78.9 Å². The molecule has 0 aliphatic carbocycles. The summed E-state index contributed by atoms with van der Waals surface area (Å²) in [5, 5.41) is 0. The van der Waals surface area contributed by atoms with Crippen molar-refractivity contribution in [1.29, 1.82) is 0 Å². The van der Waals surface area contributed by atoms with Crippen molar-refractivity contribution in [2.75, 3.05) is 13.2 Å². The third-order valence-electron chi connectivity index (χ3n) is 12.9. The van der Waals surface area contributed by atoms with Crippen molar-refractivity contribution in [2.24, 2.45) is 5.92 Å². The second-order valence-electron chi connectivity index (χ2n) is 19.1. The molecule has 6 heteroatoms. The molecular formula is C55H106O6. The predicted octanol–water partition coefficient (Wildman–Crippen LogP) is 17.8. The van der Waals surface area contributed by atoms with Crippen LogP contribution in [0.15, 0.2) is 0 Å². The Kier molecular flexibility index (Phi) is 48.1. The van der Waals surface area contributed by atoms with Crippen molar-refractivity contribution in [1.82, 2.24) is 0 Å². The van der Waals surface area contributed by atoms with Gasteiger partial charge in [0.25, 0.3) is 0 Å². The third-order valence-corrected chi connectivity index (χ3v) is 12.9. The van der Waals surface area contributed by atoms with Gasteiger partial charge in [0.15, 0.2) is 6.10 Å². The zero-order valence-corrected chi connectivity index (χ0v) is 41.6. The molecule has 0 aromatic rings. The van der Waals surface area contributed by atoms with Crippen molar-refractivity contribution < 1.29 is 28.6 Å². The molecule has 0 aromatic heterocycles. The molecular weight excluding hydrogens is 757 g/mol. The largest absolute Gasteiger partial charge is 0.462 e. The molecule has 1 unspecified atom stereocenters. The van der Waals surface area contributed by atoms with Crippen LogP contribution in [0.3, 0.4) is 0 Å². The summed E-state index contributed by atoms with van der Waals surface area (Å²) in [7, 11) is 0. The number of hydrogen-bond acceptors (Lipinski definition) is 6. The first kappa shape index (κ1) is 59.4. The fraction of sp³-hybridized carbons (Fsp3) is 0.945. The highest BCUT2D eigenvalue weighted by molar-refractivity contribution is 5.71. The molecule has 61 heavy (non-hydrogen) atoms. The van der Waals surface area contributed by atoms with Gasteiger partial charge < -0.3 is 14.2 Å². The Labute approximate surface area is 380 Å². The molecule has 0 N–H and O–H groups in total. The van der Waals surface area contributed by atoms with E-state index in [-0.39, 0.29) is 31.1 Å². The van der Waals surface area contributed by atoms with Gasteiger partial charge in [-0.05, 0) is 25.2 Å². The molecule has 0 aliphatic rings. The van der Waals surface area contributed by atoms with Crippen molar-refractivity contribution in [3.8, 4) is 0 Å². The third kappa shape index (κ3) is 47.7. The van der Waals surface area contributed by atoms with E-state index < -0.39 is 6.10 Å². The van der Waals surface area contributed by atoms with E-state index in [0.29, 0.717) is 19.3 Å². The molecule has 0 heterocycles. The van der Waals surface area contributed by atoms with Crippen LogP contribution in [0.5, 0.6) is 0 Å². The van der Waals surface area contributed by atoms with Crippen LogP contribution in [0, 0.1) is 5.92 Å². The maximum Gasteiger partial charge on any atom is 0.306 e. The SMILES string of the molecule is CCCCCCCCCCCCCCCCC(=O)O[C@@H](COC(=O)CCCCCCCCCCCCC)COC(=O)CCCCCCCCCCCCCCCCC(C)CC. The summed E-state index contributed by atoms with van der Waals surface area (Å²) in [5.74, 6) is 0.0556. The minimum atomic E-state index is -0.760. The Balaban J connectivity index is 4.27. The summed E-state index contributed by atoms with van der Waals surface area (Å²) >= 11 is 0. The highest BCUT2D eigenvalue weighted by Crippen LogP contribution is 2.18. The second kappa shape index (κ2) is 49.4. The predicted molar refractivity (Wildman–Crippen MR) is 261 cm³/mol. The fourth-order valence-corrected chi connectivity index (χ4v) is 8.36. The Morgan fingerprint density at radius 2 is 0.574 bits per heavy atom. The lowest BCUT2D eigenvalue weighted by Crippen LogP contribution is -2.30. The molecule has 0 saturated heterocycles. The van der Waals surface area contributed by atoms with Gasteiger partial charge in [-0.25, -0.2) is 0 Å². The molecule has 0 radical (unpaired) electrons. The molecule has 0 rings (SSSR count). The lowest BCUT2D eigenvalue weighted by molar-refractivity contribution is -0.167. The van der Waals surface area contributed by atoms with E-state index >= 15 is 0 Å². The Bertz CT molecular complexity index is 920. The first-order valence-electron chi connectivity index (χ1n) is 27.4. The maximum absolute atomic E-state index is 12.8. The van der Waals surface area contributed by atoms with Crippen LogP contribution in [-0.4, -0.2) is 37.2 Å². The van der Waals surface area contributed by atoms with E-state index in [4.69, 9.17) is 14.2 Å². The molecule has 0 bridgehead atoms. The molecule has 0 aromatic carbocycles. The number of rotatable bonds is 50. The molecule has 6 nitrogen and oxygen atoms in total. The van der Waals surface area contributed by atoms with E-state index in [1.54, 1.807) is 0 Å². The van der Waals surface area contributed by atoms with Gasteiger partial charge in [-0.1, -0.05) is 272 Å². The van der Waals surface area contributed by atoms with E-state index in [9.17, 15) is 14.4 Å². The van der Waals surface area contributed by atoms with Crippen LogP contribution >= 0.6 is 0 Å². The normalized spacial score (nSPS) is 12.4. The number of ether oxygens (including phenoxy) is 3. The highest BCUT2D eigenvalue weighted by atomic mass is 16.6. The Morgan fingerprint density at radius 1 is 0.328 bits per heavy atom. The quantitative estimate of drug-likeness (QED) is 0.0344. The van der Waals surface area contributed by atoms with Crippen LogP contribution in [0.2, 0.25) is 0 Å². The minimum Gasteiger partial charge on any atom is -0.462 e. The number of carbonyl (C=O) groups excluding carboxylic acids is 3. The van der Waals surface area contributed by atoms with Gasteiger partial charge in [0.05, 0.1) is 0 Å². The smallest absolute Gasteiger partial charge is 0.306 e. The minimum absolute atomic E-state index is 0.0622. The molecule has 0 spiro atoms. The molecule has 0 amide bonds. The summed E-state index contributed by atoms with van der Waals surface area (Å²) in [6.07, 6.45) is 52.2. The second-order valence-corrected chi connectivity index (χ2v) is 19.1. The zero-order chi connectivity index (χ0) is 44.5. The van der Waals surface area contributed by atoms with E-state index in [1.807, 2.05) is 0 Å². The first-order chi connectivity index (χ1) is 29.9.